The first kappa shape index (κ1) is 17.9. The highest BCUT2D eigenvalue weighted by atomic mass is 16.3. The lowest BCUT2D eigenvalue weighted by molar-refractivity contribution is 0.454. The summed E-state index contributed by atoms with van der Waals surface area (Å²) in [5.74, 6) is 0.272. The minimum Gasteiger partial charge on any atom is -0.508 e. The monoisotopic (exact) mass is 406 g/mol. The van der Waals surface area contributed by atoms with Crippen molar-refractivity contribution in [1.29, 1.82) is 0 Å². The lowest BCUT2D eigenvalue weighted by Gasteiger charge is -2.06. The van der Waals surface area contributed by atoms with Crippen molar-refractivity contribution in [2.24, 2.45) is 4.99 Å². The summed E-state index contributed by atoms with van der Waals surface area (Å²) in [6.45, 7) is 0.409. The number of aromatic nitrogens is 6. The number of aromatic amines is 2. The Kier molecular flexibility index (Phi) is 4.20. The van der Waals surface area contributed by atoms with Crippen molar-refractivity contribution >= 4 is 17.7 Å². The number of phenols is 1. The van der Waals surface area contributed by atoms with E-state index in [-0.39, 0.29) is 23.4 Å². The van der Waals surface area contributed by atoms with E-state index >= 15 is 0 Å². The Bertz CT molecular complexity index is 1410. The summed E-state index contributed by atoms with van der Waals surface area (Å²) < 4.78 is 1.53. The fourth-order valence-electron chi connectivity index (χ4n) is 3.01. The van der Waals surface area contributed by atoms with Crippen molar-refractivity contribution in [1.82, 2.24) is 29.5 Å². The maximum absolute atomic E-state index is 11.4. The van der Waals surface area contributed by atoms with Crippen LogP contribution in [0.25, 0.3) is 11.7 Å². The van der Waals surface area contributed by atoms with Crippen LogP contribution in [0.2, 0.25) is 0 Å². The molecule has 5 N–H and O–H groups in total. The number of hydrogen-bond acceptors (Lipinski definition) is 8. The zero-order chi connectivity index (χ0) is 20.7. The van der Waals surface area contributed by atoms with E-state index in [1.54, 1.807) is 30.5 Å². The highest BCUT2D eigenvalue weighted by Crippen LogP contribution is 2.22. The molecule has 0 aliphatic heterocycles. The van der Waals surface area contributed by atoms with E-state index in [2.05, 4.69) is 35.3 Å². The summed E-state index contributed by atoms with van der Waals surface area (Å²) in [6, 6.07) is 7.13. The average molecular weight is 406 g/mol. The van der Waals surface area contributed by atoms with Crippen molar-refractivity contribution in [3.8, 4) is 11.6 Å². The van der Waals surface area contributed by atoms with E-state index in [9.17, 15) is 15.0 Å². The van der Waals surface area contributed by atoms with Gasteiger partial charge in [0, 0.05) is 11.8 Å². The molecule has 0 amide bonds. The number of nitrogens with zero attached hydrogens (tertiary/aromatic N) is 5. The normalized spacial score (nSPS) is 15.2. The Hall–Kier alpha value is -4.15. The molecular formula is C19H18N8O3. The molecule has 1 saturated carbocycles. The first-order chi connectivity index (χ1) is 14.5. The van der Waals surface area contributed by atoms with Crippen LogP contribution in [-0.4, -0.2) is 45.8 Å². The Morgan fingerprint density at radius 3 is 2.87 bits per heavy atom. The van der Waals surface area contributed by atoms with Crippen LogP contribution in [0.15, 0.2) is 40.2 Å². The van der Waals surface area contributed by atoms with Gasteiger partial charge in [-0.05, 0) is 36.6 Å². The van der Waals surface area contributed by atoms with E-state index in [4.69, 9.17) is 0 Å². The summed E-state index contributed by atoms with van der Waals surface area (Å²) in [5, 5.41) is 27.5. The van der Waals surface area contributed by atoms with Gasteiger partial charge in [-0.2, -0.15) is 19.6 Å². The van der Waals surface area contributed by atoms with Gasteiger partial charge >= 0.3 is 5.69 Å². The minimum atomic E-state index is -0.511. The zero-order valence-electron chi connectivity index (χ0n) is 15.7. The molecule has 0 saturated heterocycles. The van der Waals surface area contributed by atoms with Crippen molar-refractivity contribution < 1.29 is 10.2 Å². The van der Waals surface area contributed by atoms with Crippen LogP contribution in [0, 0.1) is 0 Å². The second-order valence-corrected chi connectivity index (χ2v) is 7.05. The molecule has 30 heavy (non-hydrogen) atoms. The first-order valence-corrected chi connectivity index (χ1v) is 9.39. The van der Waals surface area contributed by atoms with Gasteiger partial charge in [0.05, 0.1) is 12.2 Å². The number of imidazole rings is 1. The lowest BCUT2D eigenvalue weighted by Crippen LogP contribution is -2.24. The number of H-pyrrole nitrogens is 2. The van der Waals surface area contributed by atoms with Gasteiger partial charge in [0.1, 0.15) is 11.4 Å². The first-order valence-electron chi connectivity index (χ1n) is 9.39. The third-order valence-electron chi connectivity index (χ3n) is 4.62. The molecule has 5 rings (SSSR count). The molecule has 11 heteroatoms. The van der Waals surface area contributed by atoms with Gasteiger partial charge in [-0.1, -0.05) is 12.1 Å². The van der Waals surface area contributed by atoms with Crippen LogP contribution < -0.4 is 21.8 Å². The van der Waals surface area contributed by atoms with Crippen LogP contribution in [0.4, 0.5) is 5.95 Å². The molecule has 0 bridgehead atoms. The number of aromatic hydroxyl groups is 2. The molecule has 0 atom stereocenters. The van der Waals surface area contributed by atoms with Crippen molar-refractivity contribution in [3.05, 3.63) is 63.0 Å². The van der Waals surface area contributed by atoms with Crippen LogP contribution >= 0.6 is 0 Å². The SMILES string of the molecule is O=c1[nH]c(O)c(C=c2cnn3c(=NC4CC4)nc(NCc4cccc(O)c4)nc23)[nH]1. The van der Waals surface area contributed by atoms with Crippen molar-refractivity contribution in [3.63, 3.8) is 0 Å². The number of hydrogen-bond donors (Lipinski definition) is 5. The second-order valence-electron chi connectivity index (χ2n) is 7.05. The predicted octanol–water partition coefficient (Wildman–Crippen LogP) is -0.225. The van der Waals surface area contributed by atoms with Gasteiger partial charge in [0.2, 0.25) is 11.8 Å². The number of rotatable bonds is 5. The Labute approximate surface area is 168 Å². The van der Waals surface area contributed by atoms with Crippen LogP contribution in [0.1, 0.15) is 24.1 Å². The number of anilines is 1. The molecule has 3 heterocycles. The molecule has 11 nitrogen and oxygen atoms in total. The number of nitrogens with one attached hydrogen (secondary N) is 3. The topological polar surface area (TPSA) is 157 Å². The number of phenolic OH excluding ortho intramolecular Hbond substituents is 1. The summed E-state index contributed by atoms with van der Waals surface area (Å²) in [7, 11) is 0. The van der Waals surface area contributed by atoms with Gasteiger partial charge in [0.25, 0.3) is 5.62 Å². The summed E-state index contributed by atoms with van der Waals surface area (Å²) in [4.78, 5) is 29.8. The molecule has 0 unspecified atom stereocenters. The second kappa shape index (κ2) is 7.03. The van der Waals surface area contributed by atoms with Gasteiger partial charge in [-0.3, -0.25) is 4.98 Å². The molecule has 1 fully saturated rings. The third kappa shape index (κ3) is 3.60. The Morgan fingerprint density at radius 1 is 1.27 bits per heavy atom. The smallest absolute Gasteiger partial charge is 0.326 e. The van der Waals surface area contributed by atoms with E-state index < -0.39 is 5.69 Å². The standard InChI is InChI=1S/C19H18N8O3/c28-13-3-1-2-10(6-13)8-20-17-24-15-11(7-14-16(29)25-19(30)23-14)9-21-27(15)18(26-17)22-12-4-5-12/h1-3,6-7,9,12,28-29H,4-5,8H2,(H,20,22,26)(H2,23,25,30). The van der Waals surface area contributed by atoms with Crippen LogP contribution in [-0.2, 0) is 6.54 Å². The summed E-state index contributed by atoms with van der Waals surface area (Å²) in [6.07, 6.45) is 5.16. The minimum absolute atomic E-state index is 0.183. The molecule has 4 aromatic rings. The summed E-state index contributed by atoms with van der Waals surface area (Å²) >= 11 is 0. The maximum Gasteiger partial charge on any atom is 0.326 e. The van der Waals surface area contributed by atoms with Gasteiger partial charge in [-0.25, -0.2) is 9.79 Å². The van der Waals surface area contributed by atoms with Gasteiger partial charge in [-0.15, -0.1) is 0 Å². The lowest BCUT2D eigenvalue weighted by atomic mass is 10.2. The van der Waals surface area contributed by atoms with Crippen LogP contribution in [0.3, 0.4) is 0 Å². The molecule has 1 aromatic carbocycles. The zero-order valence-corrected chi connectivity index (χ0v) is 15.7. The molecule has 152 valence electrons. The quantitative estimate of drug-likeness (QED) is 0.306. The number of fused-ring (bicyclic) bond motifs is 1. The van der Waals surface area contributed by atoms with Gasteiger partial charge < -0.3 is 20.5 Å². The highest BCUT2D eigenvalue weighted by molar-refractivity contribution is 5.57. The maximum atomic E-state index is 11.4. The van der Waals surface area contributed by atoms with E-state index in [0.717, 1.165) is 18.4 Å². The van der Waals surface area contributed by atoms with Crippen molar-refractivity contribution in [2.75, 3.05) is 5.32 Å². The molecule has 0 radical (unpaired) electrons. The van der Waals surface area contributed by atoms with E-state index in [0.29, 0.717) is 29.0 Å². The molecule has 0 spiro atoms. The van der Waals surface area contributed by atoms with Crippen LogP contribution in [0.5, 0.6) is 11.6 Å². The highest BCUT2D eigenvalue weighted by Gasteiger charge is 2.21. The fourth-order valence-corrected chi connectivity index (χ4v) is 3.01. The molecule has 1 aliphatic carbocycles. The van der Waals surface area contributed by atoms with Crippen molar-refractivity contribution in [2.45, 2.75) is 25.4 Å². The molecular weight excluding hydrogens is 388 g/mol. The Morgan fingerprint density at radius 2 is 2.13 bits per heavy atom. The van der Waals surface area contributed by atoms with E-state index in [1.807, 2.05) is 6.07 Å². The predicted molar refractivity (Wildman–Crippen MR) is 107 cm³/mol. The fraction of sp³-hybridized carbons (Fsp3) is 0.211. The van der Waals surface area contributed by atoms with Gasteiger partial charge in [0.15, 0.2) is 5.65 Å². The largest absolute Gasteiger partial charge is 0.508 e. The molecule has 3 aromatic heterocycles. The summed E-state index contributed by atoms with van der Waals surface area (Å²) in [5.41, 5.74) is 1.48. The Balaban J connectivity index is 1.59. The average Bonchev–Trinajstić information content (AvgIpc) is 3.35. The number of benzene rings is 1. The molecule has 1 aliphatic rings. The van der Waals surface area contributed by atoms with E-state index in [1.165, 1.54) is 4.52 Å². The third-order valence-corrected chi connectivity index (χ3v) is 4.62.